The quantitative estimate of drug-likeness (QED) is 0.568. The monoisotopic (exact) mass is 530 g/mol. The minimum atomic E-state index is -3.84. The van der Waals surface area contributed by atoms with Crippen LogP contribution < -0.4 is 15.2 Å². The van der Waals surface area contributed by atoms with E-state index in [0.717, 1.165) is 4.47 Å². The van der Waals surface area contributed by atoms with Gasteiger partial charge in [-0.2, -0.15) is 0 Å². The molecular weight excluding hydrogens is 516 g/mol. The van der Waals surface area contributed by atoms with Crippen LogP contribution in [0.5, 0.6) is 5.75 Å². The third kappa shape index (κ3) is 4.47. The van der Waals surface area contributed by atoms with Crippen molar-refractivity contribution in [1.29, 1.82) is 0 Å². The number of ether oxygens (including phenoxy) is 2. The molecule has 0 fully saturated rings. The molecule has 1 aliphatic rings. The molecule has 3 N–H and O–H groups in total. The van der Waals surface area contributed by atoms with E-state index in [2.05, 4.69) is 37.2 Å². The van der Waals surface area contributed by atoms with Gasteiger partial charge in [-0.05, 0) is 53.2 Å². The summed E-state index contributed by atoms with van der Waals surface area (Å²) in [7, 11) is -3.84. The molecule has 1 atom stereocenters. The fraction of sp³-hybridized carbons (Fsp3) is 0.167. The van der Waals surface area contributed by atoms with E-state index in [1.807, 2.05) is 0 Å². The highest BCUT2D eigenvalue weighted by atomic mass is 79.9. The molecule has 10 heteroatoms. The molecule has 1 heterocycles. The molecule has 0 radical (unpaired) electrons. The summed E-state index contributed by atoms with van der Waals surface area (Å²) >= 11 is 6.76. The normalized spacial score (nSPS) is 17.9. The van der Waals surface area contributed by atoms with Crippen LogP contribution in [0.3, 0.4) is 0 Å². The Morgan fingerprint density at radius 2 is 2.04 bits per heavy atom. The van der Waals surface area contributed by atoms with Crippen molar-refractivity contribution in [2.24, 2.45) is 5.14 Å². The van der Waals surface area contributed by atoms with Crippen molar-refractivity contribution in [2.75, 3.05) is 11.9 Å². The molecule has 0 aromatic heterocycles. The van der Waals surface area contributed by atoms with Crippen molar-refractivity contribution in [3.63, 3.8) is 0 Å². The van der Waals surface area contributed by atoms with Crippen LogP contribution in [-0.2, 0) is 14.8 Å². The zero-order valence-corrected chi connectivity index (χ0v) is 18.6. The molecule has 7 nitrogen and oxygen atoms in total. The Labute approximate surface area is 179 Å². The molecule has 0 saturated heterocycles. The lowest BCUT2D eigenvalue weighted by Gasteiger charge is -2.28. The first kappa shape index (κ1) is 21.0. The largest absolute Gasteiger partial charge is 0.458 e. The molecule has 1 unspecified atom stereocenters. The van der Waals surface area contributed by atoms with E-state index in [1.54, 1.807) is 31.2 Å². The maximum Gasteiger partial charge on any atom is 0.238 e. The number of hydrogen-bond acceptors (Lipinski definition) is 6. The number of primary sulfonamides is 1. The van der Waals surface area contributed by atoms with E-state index in [9.17, 15) is 13.2 Å². The third-order valence-corrected chi connectivity index (χ3v) is 5.83. The summed E-state index contributed by atoms with van der Waals surface area (Å²) in [4.78, 5) is 13.0. The third-order valence-electron chi connectivity index (χ3n) is 3.87. The standard InChI is InChI=1S/C18H16Br2N2O5S/c1-2-26-18-14(9-22-11-4-3-5-12(8-11)28(21,24)25)16(23)13-6-10(19)7-15(20)17(13)27-18/h3-9,18,22H,2H2,1H3,(H2,21,24,25)/b14-9+. The van der Waals surface area contributed by atoms with Gasteiger partial charge in [-0.1, -0.05) is 22.0 Å². The van der Waals surface area contributed by atoms with E-state index < -0.39 is 16.3 Å². The van der Waals surface area contributed by atoms with Crippen molar-refractivity contribution in [2.45, 2.75) is 18.1 Å². The average Bonchev–Trinajstić information content (AvgIpc) is 2.62. The fourth-order valence-corrected chi connectivity index (χ4v) is 4.49. The van der Waals surface area contributed by atoms with Crippen LogP contribution >= 0.6 is 31.9 Å². The van der Waals surface area contributed by atoms with Gasteiger partial charge in [0.15, 0.2) is 0 Å². The van der Waals surface area contributed by atoms with E-state index >= 15 is 0 Å². The van der Waals surface area contributed by atoms with Crippen molar-refractivity contribution < 1.29 is 22.7 Å². The second-order valence-corrected chi connectivity index (χ2v) is 9.15. The molecule has 0 saturated carbocycles. The van der Waals surface area contributed by atoms with Crippen LogP contribution in [0.15, 0.2) is 62.0 Å². The van der Waals surface area contributed by atoms with Crippen molar-refractivity contribution >= 4 is 53.4 Å². The number of halogens is 2. The minimum Gasteiger partial charge on any atom is -0.458 e. The number of fused-ring (bicyclic) bond motifs is 1. The summed E-state index contributed by atoms with van der Waals surface area (Å²) in [6, 6.07) is 9.40. The number of carbonyl (C=O) groups is 1. The van der Waals surface area contributed by atoms with Crippen molar-refractivity contribution in [1.82, 2.24) is 0 Å². The number of rotatable bonds is 5. The molecule has 2 aromatic carbocycles. The summed E-state index contributed by atoms with van der Waals surface area (Å²) in [6.45, 7) is 2.13. The summed E-state index contributed by atoms with van der Waals surface area (Å²) in [5.41, 5.74) is 1.08. The Balaban J connectivity index is 1.98. The average molecular weight is 532 g/mol. The Morgan fingerprint density at radius 3 is 2.71 bits per heavy atom. The van der Waals surface area contributed by atoms with Gasteiger partial charge in [-0.15, -0.1) is 0 Å². The van der Waals surface area contributed by atoms with Gasteiger partial charge in [0.05, 0.1) is 20.5 Å². The Morgan fingerprint density at radius 1 is 1.29 bits per heavy atom. The summed E-state index contributed by atoms with van der Waals surface area (Å²) in [5.74, 6) is 0.136. The van der Waals surface area contributed by atoms with Gasteiger partial charge in [0.25, 0.3) is 0 Å². The van der Waals surface area contributed by atoms with Gasteiger partial charge >= 0.3 is 0 Å². The lowest BCUT2D eigenvalue weighted by atomic mass is 10.00. The zero-order chi connectivity index (χ0) is 20.5. The van der Waals surface area contributed by atoms with Gasteiger partial charge in [0, 0.05) is 23.0 Å². The lowest BCUT2D eigenvalue weighted by Crippen LogP contribution is -2.33. The van der Waals surface area contributed by atoms with Gasteiger partial charge in [-0.3, -0.25) is 4.79 Å². The lowest BCUT2D eigenvalue weighted by molar-refractivity contribution is -0.0513. The topological polar surface area (TPSA) is 108 Å². The van der Waals surface area contributed by atoms with Crippen molar-refractivity contribution in [3.8, 4) is 5.75 Å². The summed E-state index contributed by atoms with van der Waals surface area (Å²) in [6.07, 6.45) is 0.541. The van der Waals surface area contributed by atoms with E-state index in [4.69, 9.17) is 14.6 Å². The van der Waals surface area contributed by atoms with Gasteiger partial charge < -0.3 is 14.8 Å². The summed E-state index contributed by atoms with van der Waals surface area (Å²) in [5, 5.41) is 8.08. The van der Waals surface area contributed by atoms with Crippen LogP contribution in [0.4, 0.5) is 5.69 Å². The van der Waals surface area contributed by atoms with Crippen molar-refractivity contribution in [3.05, 3.63) is 62.7 Å². The predicted molar refractivity (Wildman–Crippen MR) is 112 cm³/mol. The summed E-state index contributed by atoms with van der Waals surface area (Å²) < 4.78 is 35.8. The molecule has 0 amide bonds. The second kappa shape index (κ2) is 8.34. The highest BCUT2D eigenvalue weighted by molar-refractivity contribution is 9.11. The number of hydrogen-bond donors (Lipinski definition) is 2. The first-order valence-electron chi connectivity index (χ1n) is 8.12. The van der Waals surface area contributed by atoms with Crippen LogP contribution in [0.1, 0.15) is 17.3 Å². The Bertz CT molecular complexity index is 1070. The molecule has 0 aliphatic carbocycles. The molecule has 3 rings (SSSR count). The molecule has 1 aliphatic heterocycles. The molecular formula is C18H16Br2N2O5S. The highest BCUT2D eigenvalue weighted by Gasteiger charge is 2.34. The Hall–Kier alpha value is -1.72. The minimum absolute atomic E-state index is 0.0401. The van der Waals surface area contributed by atoms with Gasteiger partial charge in [0.1, 0.15) is 5.75 Å². The number of ketones is 1. The molecule has 148 valence electrons. The number of Topliss-reactive ketones (excluding diaryl/α,β-unsaturated/α-hetero) is 1. The molecule has 28 heavy (non-hydrogen) atoms. The Kier molecular flexibility index (Phi) is 6.25. The fourth-order valence-electron chi connectivity index (χ4n) is 2.61. The van der Waals surface area contributed by atoms with Crippen LogP contribution in [0.2, 0.25) is 0 Å². The van der Waals surface area contributed by atoms with Crippen LogP contribution in [0, 0.1) is 0 Å². The number of anilines is 1. The molecule has 2 aromatic rings. The molecule has 0 spiro atoms. The zero-order valence-electron chi connectivity index (χ0n) is 14.6. The van der Waals surface area contributed by atoms with Crippen LogP contribution in [-0.4, -0.2) is 27.1 Å². The second-order valence-electron chi connectivity index (χ2n) is 5.82. The van der Waals surface area contributed by atoms with E-state index in [-0.39, 0.29) is 16.3 Å². The van der Waals surface area contributed by atoms with Gasteiger partial charge in [-0.25, -0.2) is 13.6 Å². The SMILES string of the molecule is CCOC1Oc2c(Br)cc(Br)cc2C(=O)/C1=C\Nc1cccc(S(N)(=O)=O)c1. The predicted octanol–water partition coefficient (Wildman–Crippen LogP) is 3.79. The number of nitrogens with two attached hydrogens (primary N) is 1. The van der Waals surface area contributed by atoms with Gasteiger partial charge in [0.2, 0.25) is 22.1 Å². The number of nitrogens with one attached hydrogen (secondary N) is 1. The maximum atomic E-state index is 13.0. The highest BCUT2D eigenvalue weighted by Crippen LogP contribution is 2.39. The van der Waals surface area contributed by atoms with Crippen LogP contribution in [0.25, 0.3) is 0 Å². The first-order valence-corrected chi connectivity index (χ1v) is 11.3. The smallest absolute Gasteiger partial charge is 0.238 e. The number of carbonyl (C=O) groups excluding carboxylic acids is 1. The van der Waals surface area contributed by atoms with E-state index in [0.29, 0.717) is 28.1 Å². The van der Waals surface area contributed by atoms with E-state index in [1.165, 1.54) is 18.3 Å². The molecule has 0 bridgehead atoms. The maximum absolute atomic E-state index is 13.0. The number of sulfonamides is 1. The number of benzene rings is 2. The first-order chi connectivity index (χ1) is 13.2.